The Morgan fingerprint density at radius 2 is 2.15 bits per heavy atom. The Morgan fingerprint density at radius 1 is 1.35 bits per heavy atom. The number of benzene rings is 1. The molecule has 0 spiro atoms. The van der Waals surface area contributed by atoms with E-state index < -0.39 is 0 Å². The summed E-state index contributed by atoms with van der Waals surface area (Å²) < 4.78 is 19.6. The highest BCUT2D eigenvalue weighted by atomic mass is 32.1. The molecule has 0 fully saturated rings. The molecule has 108 valence electrons. The zero-order valence-electron chi connectivity index (χ0n) is 12.1. The highest BCUT2D eigenvalue weighted by Gasteiger charge is 2.22. The molecule has 0 aliphatic carbocycles. The molecular formula is C16H20FNOS. The van der Waals surface area contributed by atoms with Crippen molar-refractivity contribution >= 4 is 11.3 Å². The monoisotopic (exact) mass is 293 g/mol. The lowest BCUT2D eigenvalue weighted by Gasteiger charge is -2.20. The fraction of sp³-hybridized carbons (Fsp3) is 0.375. The first-order chi connectivity index (χ1) is 9.67. The van der Waals surface area contributed by atoms with Gasteiger partial charge < -0.3 is 10.1 Å². The molecule has 0 bridgehead atoms. The van der Waals surface area contributed by atoms with Gasteiger partial charge in [-0.15, -0.1) is 11.3 Å². The highest BCUT2D eigenvalue weighted by molar-refractivity contribution is 7.10. The summed E-state index contributed by atoms with van der Waals surface area (Å²) in [5.41, 5.74) is 1.74. The number of methoxy groups -OCH3 is 1. The number of thiophene rings is 1. The van der Waals surface area contributed by atoms with Crippen LogP contribution in [0.4, 0.5) is 4.39 Å². The van der Waals surface area contributed by atoms with E-state index in [0.717, 1.165) is 29.2 Å². The van der Waals surface area contributed by atoms with Crippen molar-refractivity contribution in [1.82, 2.24) is 5.32 Å². The minimum Gasteiger partial charge on any atom is -0.496 e. The number of halogens is 1. The van der Waals surface area contributed by atoms with Crippen LogP contribution in [-0.2, 0) is 0 Å². The molecule has 0 amide bonds. The molecule has 0 saturated carbocycles. The number of ether oxygens (including phenoxy) is 1. The Balaban J connectivity index is 2.44. The van der Waals surface area contributed by atoms with E-state index in [1.54, 1.807) is 24.5 Å². The number of hydrogen-bond donors (Lipinski definition) is 1. The van der Waals surface area contributed by atoms with Crippen LogP contribution in [0.15, 0.2) is 29.6 Å². The van der Waals surface area contributed by atoms with Gasteiger partial charge in [-0.3, -0.25) is 0 Å². The molecule has 2 aromatic rings. The third kappa shape index (κ3) is 3.19. The van der Waals surface area contributed by atoms with Crippen molar-refractivity contribution in [2.75, 3.05) is 13.7 Å². The first-order valence-electron chi connectivity index (χ1n) is 6.78. The van der Waals surface area contributed by atoms with Gasteiger partial charge in [0, 0.05) is 5.56 Å². The molecule has 0 saturated heterocycles. The predicted octanol–water partition coefficient (Wildman–Crippen LogP) is 4.29. The summed E-state index contributed by atoms with van der Waals surface area (Å²) in [5, 5.41) is 5.40. The average molecular weight is 293 g/mol. The molecule has 1 unspecified atom stereocenters. The maximum Gasteiger partial charge on any atom is 0.134 e. The summed E-state index contributed by atoms with van der Waals surface area (Å²) in [6.45, 7) is 4.91. The predicted molar refractivity (Wildman–Crippen MR) is 82.1 cm³/mol. The van der Waals surface area contributed by atoms with Gasteiger partial charge in [-0.05, 0) is 37.4 Å². The van der Waals surface area contributed by atoms with Gasteiger partial charge in [-0.2, -0.15) is 0 Å². The topological polar surface area (TPSA) is 21.3 Å². The third-order valence-corrected chi connectivity index (χ3v) is 4.16. The van der Waals surface area contributed by atoms with Gasteiger partial charge in [0.15, 0.2) is 0 Å². The van der Waals surface area contributed by atoms with Crippen LogP contribution in [0.25, 0.3) is 0 Å². The largest absolute Gasteiger partial charge is 0.496 e. The first kappa shape index (κ1) is 15.0. The quantitative estimate of drug-likeness (QED) is 0.857. The van der Waals surface area contributed by atoms with Crippen molar-refractivity contribution in [3.05, 3.63) is 51.5 Å². The molecule has 4 heteroatoms. The molecular weight excluding hydrogens is 273 g/mol. The molecule has 1 atom stereocenters. The summed E-state index contributed by atoms with van der Waals surface area (Å²) in [6.07, 6.45) is 0.998. The zero-order chi connectivity index (χ0) is 14.5. The first-order valence-corrected chi connectivity index (χ1v) is 7.66. The molecule has 0 aliphatic heterocycles. The van der Waals surface area contributed by atoms with E-state index in [-0.39, 0.29) is 11.9 Å². The Morgan fingerprint density at radius 3 is 2.85 bits per heavy atom. The standard InChI is InChI=1S/C16H20FNOS/c1-4-8-18-15(16-14(19-3)7-9-20-16)12-10-11(2)5-6-13(12)17/h5-7,9-10,15,18H,4,8H2,1-3H3. The Hall–Kier alpha value is -1.39. The van der Waals surface area contributed by atoms with Crippen molar-refractivity contribution in [3.8, 4) is 5.75 Å². The second kappa shape index (κ2) is 6.86. The zero-order valence-corrected chi connectivity index (χ0v) is 12.9. The Kier molecular flexibility index (Phi) is 5.15. The molecule has 0 radical (unpaired) electrons. The van der Waals surface area contributed by atoms with Crippen molar-refractivity contribution in [1.29, 1.82) is 0 Å². The van der Waals surface area contributed by atoms with E-state index in [2.05, 4.69) is 12.2 Å². The van der Waals surface area contributed by atoms with Crippen molar-refractivity contribution in [2.24, 2.45) is 0 Å². The summed E-state index contributed by atoms with van der Waals surface area (Å²) in [7, 11) is 1.65. The fourth-order valence-corrected chi connectivity index (χ4v) is 3.16. The van der Waals surface area contributed by atoms with E-state index in [9.17, 15) is 4.39 Å². The van der Waals surface area contributed by atoms with Gasteiger partial charge in [0.05, 0.1) is 18.0 Å². The lowest BCUT2D eigenvalue weighted by molar-refractivity contribution is 0.406. The number of hydrogen-bond acceptors (Lipinski definition) is 3. The fourth-order valence-electron chi connectivity index (χ4n) is 2.21. The van der Waals surface area contributed by atoms with Gasteiger partial charge >= 0.3 is 0 Å². The lowest BCUT2D eigenvalue weighted by atomic mass is 10.0. The van der Waals surface area contributed by atoms with Gasteiger partial charge in [-0.1, -0.05) is 24.6 Å². The summed E-state index contributed by atoms with van der Waals surface area (Å²) in [5.74, 6) is 0.629. The third-order valence-electron chi connectivity index (χ3n) is 3.20. The highest BCUT2D eigenvalue weighted by Crippen LogP contribution is 2.36. The van der Waals surface area contributed by atoms with E-state index in [1.807, 2.05) is 24.4 Å². The second-order valence-corrected chi connectivity index (χ2v) is 5.71. The average Bonchev–Trinajstić information content (AvgIpc) is 2.91. The molecule has 1 aromatic carbocycles. The van der Waals surface area contributed by atoms with Crippen LogP contribution >= 0.6 is 11.3 Å². The summed E-state index contributed by atoms with van der Waals surface area (Å²) in [4.78, 5) is 1.02. The molecule has 20 heavy (non-hydrogen) atoms. The normalized spacial score (nSPS) is 12.4. The summed E-state index contributed by atoms with van der Waals surface area (Å²) in [6, 6.07) is 6.99. The van der Waals surface area contributed by atoms with E-state index >= 15 is 0 Å². The van der Waals surface area contributed by atoms with Crippen LogP contribution in [0.3, 0.4) is 0 Å². The van der Waals surface area contributed by atoms with Gasteiger partial charge in [0.25, 0.3) is 0 Å². The molecule has 1 N–H and O–H groups in total. The molecule has 2 rings (SSSR count). The smallest absolute Gasteiger partial charge is 0.134 e. The van der Waals surface area contributed by atoms with Crippen molar-refractivity contribution in [2.45, 2.75) is 26.3 Å². The minimum atomic E-state index is -0.181. The maximum atomic E-state index is 14.2. The Labute approximate surface area is 123 Å². The van der Waals surface area contributed by atoms with Crippen LogP contribution in [-0.4, -0.2) is 13.7 Å². The van der Waals surface area contributed by atoms with Crippen LogP contribution < -0.4 is 10.1 Å². The maximum absolute atomic E-state index is 14.2. The summed E-state index contributed by atoms with van der Waals surface area (Å²) >= 11 is 1.59. The van der Waals surface area contributed by atoms with Crippen LogP contribution in [0.5, 0.6) is 5.75 Å². The molecule has 2 nitrogen and oxygen atoms in total. The van der Waals surface area contributed by atoms with E-state index in [1.165, 1.54) is 6.07 Å². The molecule has 0 aliphatic rings. The van der Waals surface area contributed by atoms with E-state index in [4.69, 9.17) is 4.74 Å². The van der Waals surface area contributed by atoms with Crippen LogP contribution in [0.2, 0.25) is 0 Å². The van der Waals surface area contributed by atoms with Crippen molar-refractivity contribution in [3.63, 3.8) is 0 Å². The second-order valence-electron chi connectivity index (χ2n) is 4.77. The van der Waals surface area contributed by atoms with Crippen LogP contribution in [0.1, 0.15) is 35.4 Å². The van der Waals surface area contributed by atoms with Gasteiger partial charge in [-0.25, -0.2) is 4.39 Å². The lowest BCUT2D eigenvalue weighted by Crippen LogP contribution is -2.23. The van der Waals surface area contributed by atoms with Crippen LogP contribution in [0, 0.1) is 12.7 Å². The number of nitrogens with one attached hydrogen (secondary N) is 1. The van der Waals surface area contributed by atoms with E-state index in [0.29, 0.717) is 5.56 Å². The molecule has 1 aromatic heterocycles. The Bertz CT molecular complexity index is 567. The van der Waals surface area contributed by atoms with Crippen molar-refractivity contribution < 1.29 is 9.13 Å². The van der Waals surface area contributed by atoms with Gasteiger partial charge in [0.1, 0.15) is 11.6 Å². The SMILES string of the molecule is CCCNC(c1cc(C)ccc1F)c1sccc1OC. The van der Waals surface area contributed by atoms with Gasteiger partial charge in [0.2, 0.25) is 0 Å². The number of rotatable bonds is 6. The molecule has 1 heterocycles. The number of aryl methyl sites for hydroxylation is 1. The minimum absolute atomic E-state index is 0.162.